The van der Waals surface area contributed by atoms with Gasteiger partial charge in [-0.2, -0.15) is 36.4 Å². The first-order chi connectivity index (χ1) is 12.5. The third kappa shape index (κ3) is 41.0. The van der Waals surface area contributed by atoms with Crippen molar-refractivity contribution in [3.05, 3.63) is 113 Å². The molecule has 145 valence electrons. The van der Waals surface area contributed by atoms with Crippen LogP contribution in [0.25, 0.3) is 0 Å². The van der Waals surface area contributed by atoms with Crippen LogP contribution < -0.4 is 0 Å². The van der Waals surface area contributed by atoms with Crippen LogP contribution >= 0.6 is 0 Å². The molecule has 0 amide bonds. The van der Waals surface area contributed by atoms with Gasteiger partial charge in [0.25, 0.3) is 0 Å². The zero-order chi connectivity index (χ0) is 19.4. The second kappa shape index (κ2) is 44.6. The molecule has 3 rings (SSSR count). The van der Waals surface area contributed by atoms with E-state index < -0.39 is 0 Å². The van der Waals surface area contributed by atoms with Crippen molar-refractivity contribution in [1.29, 1.82) is 0 Å². The minimum absolute atomic E-state index is 0. The molecule has 0 aromatic heterocycles. The van der Waals surface area contributed by atoms with Gasteiger partial charge in [-0.1, -0.05) is 24.3 Å². The Labute approximate surface area is 193 Å². The van der Waals surface area contributed by atoms with E-state index in [2.05, 4.69) is 50.3 Å². The van der Waals surface area contributed by atoms with Crippen molar-refractivity contribution >= 4 is 0 Å². The van der Waals surface area contributed by atoms with Gasteiger partial charge in [0.1, 0.15) is 0 Å². The first-order valence-electron chi connectivity index (χ1n) is 7.49. The summed E-state index contributed by atoms with van der Waals surface area (Å²) in [5, 5.41) is 0. The summed E-state index contributed by atoms with van der Waals surface area (Å²) in [7, 11) is 0. The van der Waals surface area contributed by atoms with Crippen LogP contribution in [0.2, 0.25) is 0 Å². The molecule has 3 nitrogen and oxygen atoms in total. The molecule has 5 heteroatoms. The van der Waals surface area contributed by atoms with Crippen LogP contribution in [0.15, 0.2) is 54.6 Å². The summed E-state index contributed by atoms with van der Waals surface area (Å²) in [5.41, 5.74) is 0. The summed E-state index contributed by atoms with van der Waals surface area (Å²) in [5.74, 6) is 0. The van der Waals surface area contributed by atoms with Gasteiger partial charge in [-0.3, -0.25) is 0 Å². The van der Waals surface area contributed by atoms with Crippen molar-refractivity contribution in [1.82, 2.24) is 0 Å². The smallest absolute Gasteiger partial charge is 0 e. The van der Waals surface area contributed by atoms with Gasteiger partial charge in [0.05, 0.1) is 0 Å². The minimum Gasteiger partial charge on any atom is -0.184 e. The molecule has 0 saturated heterocycles. The molecule has 1 saturated carbocycles. The molecule has 0 unspecified atom stereocenters. The van der Waals surface area contributed by atoms with Crippen LogP contribution in [0.4, 0.5) is 0 Å². The Kier molecular flexibility index (Phi) is 61.3. The molecule has 2 aliphatic carbocycles. The molecule has 0 bridgehead atoms. The maximum absolute atomic E-state index is 7.50. The van der Waals surface area contributed by atoms with E-state index in [1.54, 1.807) is 0 Å². The van der Waals surface area contributed by atoms with Gasteiger partial charge in [-0.25, -0.2) is 0 Å². The molecular weight excluding hydrogens is 691 g/mol. The summed E-state index contributed by atoms with van der Waals surface area (Å²) in [4.78, 5) is 0. The Morgan fingerprint density at radius 3 is 0.926 bits per heavy atom. The molecule has 0 N–H and O–H groups in total. The van der Waals surface area contributed by atoms with Crippen LogP contribution in [0.1, 0.15) is 25.7 Å². The standard InChI is InChI=1S/C8H12.C6H5.C5H5.3CO.Pt.W/c1-2-4-6-8-7-5-3-1;1-2-4-6-5-3-1;1-2-4-5-3-1;3*1-2;;/h1-2,7-8H,3-6H2;1-5H;1-5H;;;;;/q;-1;;;;;;/b2-1-,8-7-;;;;;;;. The minimum atomic E-state index is 0. The zero-order valence-electron chi connectivity index (χ0n) is 14.9. The second-order valence-electron chi connectivity index (χ2n) is 4.14. The first-order valence-corrected chi connectivity index (χ1v) is 7.49. The summed E-state index contributed by atoms with van der Waals surface area (Å²) >= 11 is 0. The van der Waals surface area contributed by atoms with E-state index in [1.165, 1.54) is 25.7 Å². The average molecular weight is 713 g/mol. The molecule has 5 radical (unpaired) electrons. The maximum Gasteiger partial charge on any atom is 0 e. The van der Waals surface area contributed by atoms with E-state index >= 15 is 0 Å². The molecule has 0 spiro atoms. The fraction of sp³-hybridized carbons (Fsp3) is 0.182. The van der Waals surface area contributed by atoms with Crippen molar-refractivity contribution in [3.8, 4) is 0 Å². The van der Waals surface area contributed by atoms with Gasteiger partial charge in [0, 0.05) is 42.1 Å². The Balaban J connectivity index is -0.0000000773. The van der Waals surface area contributed by atoms with Crippen molar-refractivity contribution in [3.63, 3.8) is 0 Å². The Hall–Kier alpha value is -0.703. The fourth-order valence-electron chi connectivity index (χ4n) is 1.52. The molecule has 0 aliphatic heterocycles. The molecule has 0 heterocycles. The quantitative estimate of drug-likeness (QED) is 0.205. The van der Waals surface area contributed by atoms with Gasteiger partial charge in [0.2, 0.25) is 0 Å². The molecular formula is C22H22O3PtW-. The van der Waals surface area contributed by atoms with Crippen molar-refractivity contribution in [2.45, 2.75) is 25.7 Å². The number of allylic oxidation sites excluding steroid dienone is 4. The van der Waals surface area contributed by atoms with Crippen LogP contribution in [-0.4, -0.2) is 0 Å². The number of rotatable bonds is 0. The SMILES string of the molecule is C1=C\CC/C=C\CC/1.[C-]#[O+].[C-]#[O+].[C-]#[O+].[CH]1[CH][CH][CH][CH]1.[Pt].[W].[c-]1ccccc1. The molecule has 27 heavy (non-hydrogen) atoms. The monoisotopic (exact) mass is 713 g/mol. The van der Waals surface area contributed by atoms with E-state index in [9.17, 15) is 0 Å². The Bertz CT molecular complexity index is 375. The van der Waals surface area contributed by atoms with E-state index in [4.69, 9.17) is 14.0 Å². The van der Waals surface area contributed by atoms with Crippen molar-refractivity contribution < 1.29 is 56.1 Å². The van der Waals surface area contributed by atoms with Gasteiger partial charge in [0.15, 0.2) is 0 Å². The van der Waals surface area contributed by atoms with Gasteiger partial charge >= 0.3 is 33.9 Å². The summed E-state index contributed by atoms with van der Waals surface area (Å²) in [6, 6.07) is 12.5. The van der Waals surface area contributed by atoms with E-state index in [0.717, 1.165) is 0 Å². The molecule has 1 fully saturated rings. The summed E-state index contributed by atoms with van der Waals surface area (Å²) in [6.07, 6.45) is 24.0. The maximum atomic E-state index is 7.50. The first kappa shape index (κ1) is 37.1. The third-order valence-corrected chi connectivity index (χ3v) is 2.50. The molecule has 1 aromatic carbocycles. The van der Waals surface area contributed by atoms with Gasteiger partial charge in [-0.05, 0) is 57.8 Å². The molecule has 0 atom stereocenters. The van der Waals surface area contributed by atoms with E-state index in [0.29, 0.717) is 0 Å². The zero-order valence-corrected chi connectivity index (χ0v) is 20.1. The normalized spacial score (nSPS) is 14.7. The van der Waals surface area contributed by atoms with E-state index in [1.807, 2.05) is 62.4 Å². The summed E-state index contributed by atoms with van der Waals surface area (Å²) in [6.45, 7) is 13.5. The predicted octanol–water partition coefficient (Wildman–Crippen LogP) is 5.06. The average Bonchev–Trinajstić information content (AvgIpc) is 3.28. The van der Waals surface area contributed by atoms with Crippen LogP contribution in [-0.2, 0) is 56.1 Å². The third-order valence-electron chi connectivity index (χ3n) is 2.50. The number of benzene rings is 1. The van der Waals surface area contributed by atoms with Gasteiger partial charge < -0.3 is 0 Å². The topological polar surface area (TPSA) is 59.7 Å². The predicted molar refractivity (Wildman–Crippen MR) is 95.3 cm³/mol. The van der Waals surface area contributed by atoms with Crippen LogP contribution in [0, 0.1) is 58.1 Å². The van der Waals surface area contributed by atoms with Crippen molar-refractivity contribution in [2.24, 2.45) is 0 Å². The Morgan fingerprint density at radius 2 is 0.778 bits per heavy atom. The summed E-state index contributed by atoms with van der Waals surface area (Å²) < 4.78 is 22.5. The number of hydrogen-bond donors (Lipinski definition) is 0. The second-order valence-corrected chi connectivity index (χ2v) is 4.14. The molecule has 2 aliphatic rings. The van der Waals surface area contributed by atoms with Crippen LogP contribution in [0.3, 0.4) is 0 Å². The molecule has 1 aromatic rings. The van der Waals surface area contributed by atoms with E-state index in [-0.39, 0.29) is 42.1 Å². The Morgan fingerprint density at radius 1 is 0.519 bits per heavy atom. The van der Waals surface area contributed by atoms with Crippen LogP contribution in [0.5, 0.6) is 0 Å². The fourth-order valence-corrected chi connectivity index (χ4v) is 1.52. The van der Waals surface area contributed by atoms with Crippen molar-refractivity contribution in [2.75, 3.05) is 0 Å². The number of hydrogen-bond acceptors (Lipinski definition) is 0. The largest absolute Gasteiger partial charge is 0.184 e. The van der Waals surface area contributed by atoms with Gasteiger partial charge in [-0.15, -0.1) is 0 Å².